The summed E-state index contributed by atoms with van der Waals surface area (Å²) in [6, 6.07) is 67.3. The molecule has 4 aromatic heterocycles. The smallest absolute Gasteiger partial charge is 0.162 e. The van der Waals surface area contributed by atoms with E-state index in [-0.39, 0.29) is 0 Å². The Morgan fingerprint density at radius 2 is 0.909 bits per heavy atom. The molecule has 12 rings (SSSR count). The van der Waals surface area contributed by atoms with E-state index >= 15 is 0 Å². The van der Waals surface area contributed by atoms with Crippen molar-refractivity contribution < 1.29 is 4.42 Å². The van der Waals surface area contributed by atoms with Gasteiger partial charge in [0.15, 0.2) is 5.58 Å². The Bertz CT molecular complexity index is 3480. The predicted octanol–water partition coefficient (Wildman–Crippen LogP) is 13.7. The Labute approximate surface area is 315 Å². The number of rotatable bonds is 4. The third-order valence-corrected chi connectivity index (χ3v) is 11.3. The van der Waals surface area contributed by atoms with Crippen molar-refractivity contribution in [1.82, 2.24) is 14.1 Å². The zero-order valence-corrected chi connectivity index (χ0v) is 29.6. The van der Waals surface area contributed by atoms with Crippen LogP contribution in [0.1, 0.15) is 0 Å². The van der Waals surface area contributed by atoms with Crippen LogP contribution in [0.4, 0.5) is 0 Å². The van der Waals surface area contributed by atoms with Gasteiger partial charge in [-0.25, -0.2) is 4.98 Å². The average molecular weight is 702 g/mol. The molecule has 0 bridgehead atoms. The molecule has 0 atom stereocenters. The van der Waals surface area contributed by atoms with Crippen molar-refractivity contribution in [3.05, 3.63) is 188 Å². The zero-order valence-electron chi connectivity index (χ0n) is 29.6. The van der Waals surface area contributed by atoms with Crippen molar-refractivity contribution in [2.45, 2.75) is 0 Å². The topological polar surface area (TPSA) is 35.9 Å². The molecule has 8 aromatic carbocycles. The zero-order chi connectivity index (χ0) is 36.0. The van der Waals surface area contributed by atoms with Crippen molar-refractivity contribution in [2.24, 2.45) is 0 Å². The van der Waals surface area contributed by atoms with Crippen LogP contribution in [0.15, 0.2) is 192 Å². The molecule has 0 spiro atoms. The highest BCUT2D eigenvalue weighted by atomic mass is 16.3. The van der Waals surface area contributed by atoms with Crippen molar-refractivity contribution in [3.8, 4) is 33.6 Å². The van der Waals surface area contributed by atoms with Gasteiger partial charge in [-0.05, 0) is 89.5 Å². The quantitative estimate of drug-likeness (QED) is 0.183. The Balaban J connectivity index is 1.03. The van der Waals surface area contributed by atoms with E-state index in [1.54, 1.807) is 0 Å². The van der Waals surface area contributed by atoms with Gasteiger partial charge in [0.1, 0.15) is 11.1 Å². The molecule has 0 aliphatic heterocycles. The van der Waals surface area contributed by atoms with E-state index in [9.17, 15) is 0 Å². The number of para-hydroxylation sites is 5. The summed E-state index contributed by atoms with van der Waals surface area (Å²) in [6.45, 7) is 0. The molecule has 0 saturated carbocycles. The third kappa shape index (κ3) is 4.43. The van der Waals surface area contributed by atoms with E-state index in [4.69, 9.17) is 9.40 Å². The monoisotopic (exact) mass is 701 g/mol. The number of fused-ring (bicyclic) bond motifs is 10. The van der Waals surface area contributed by atoms with Gasteiger partial charge in [0.05, 0.1) is 27.6 Å². The minimum Gasteiger partial charge on any atom is -0.454 e. The highest BCUT2D eigenvalue weighted by Gasteiger charge is 2.19. The Morgan fingerprint density at radius 1 is 0.364 bits per heavy atom. The second-order valence-corrected chi connectivity index (χ2v) is 14.3. The second-order valence-electron chi connectivity index (χ2n) is 14.3. The highest BCUT2D eigenvalue weighted by molar-refractivity contribution is 6.15. The molecule has 0 N–H and O–H groups in total. The first-order chi connectivity index (χ1) is 27.3. The summed E-state index contributed by atoms with van der Waals surface area (Å²) in [4.78, 5) is 5.06. The number of aromatic nitrogens is 3. The first-order valence-electron chi connectivity index (χ1n) is 18.7. The maximum absolute atomic E-state index is 6.52. The third-order valence-electron chi connectivity index (χ3n) is 11.3. The summed E-state index contributed by atoms with van der Waals surface area (Å²) in [5, 5.41) is 7.07. The maximum atomic E-state index is 6.52. The summed E-state index contributed by atoms with van der Waals surface area (Å²) < 4.78 is 11.3. The lowest BCUT2D eigenvalue weighted by Gasteiger charge is -2.12. The van der Waals surface area contributed by atoms with Crippen LogP contribution in [0.3, 0.4) is 0 Å². The van der Waals surface area contributed by atoms with Gasteiger partial charge in [-0.15, -0.1) is 0 Å². The van der Waals surface area contributed by atoms with Crippen LogP contribution in [0, 0.1) is 0 Å². The van der Waals surface area contributed by atoms with Gasteiger partial charge in [0.2, 0.25) is 0 Å². The normalized spacial score (nSPS) is 12.0. The molecule has 0 aliphatic carbocycles. The number of benzene rings is 8. The van der Waals surface area contributed by atoms with E-state index in [1.807, 2.05) is 24.3 Å². The fourth-order valence-corrected chi connectivity index (χ4v) is 8.84. The standard InChI is InChI=1S/C51H31N3O/c1-2-12-35(13-3-1)53-45-20-10-6-15-38(45)42-30-33(25-29-46(42)53)34-24-28-39-37-14-5-9-19-44(37)54(47(39)31-34)36-26-22-32(23-27-36)49-40-16-4-8-18-43(40)52-50-41-17-7-11-21-48(41)55-51(49)50/h1-31H. The van der Waals surface area contributed by atoms with Crippen molar-refractivity contribution in [2.75, 3.05) is 0 Å². The molecule has 4 nitrogen and oxygen atoms in total. The molecule has 4 heterocycles. The highest BCUT2D eigenvalue weighted by Crippen LogP contribution is 2.41. The van der Waals surface area contributed by atoms with Crippen LogP contribution in [0.2, 0.25) is 0 Å². The molecule has 0 saturated heterocycles. The van der Waals surface area contributed by atoms with Crippen molar-refractivity contribution in [1.29, 1.82) is 0 Å². The molecule has 0 aliphatic rings. The van der Waals surface area contributed by atoms with Gasteiger partial charge in [0.25, 0.3) is 0 Å². The number of pyridine rings is 1. The minimum atomic E-state index is 0.818. The number of furan rings is 1. The molecule has 12 aromatic rings. The van der Waals surface area contributed by atoms with Crippen LogP contribution >= 0.6 is 0 Å². The van der Waals surface area contributed by atoms with Gasteiger partial charge < -0.3 is 13.6 Å². The molecule has 4 heteroatoms. The second kappa shape index (κ2) is 11.5. The lowest BCUT2D eigenvalue weighted by molar-refractivity contribution is 0.670. The molecule has 0 amide bonds. The largest absolute Gasteiger partial charge is 0.454 e. The van der Waals surface area contributed by atoms with E-state index in [0.29, 0.717) is 0 Å². The number of hydrogen-bond acceptors (Lipinski definition) is 2. The Kier molecular flexibility index (Phi) is 6.31. The molecular formula is C51H31N3O. The van der Waals surface area contributed by atoms with Crippen LogP contribution in [-0.4, -0.2) is 14.1 Å². The van der Waals surface area contributed by atoms with E-state index in [2.05, 4.69) is 173 Å². The molecule has 256 valence electrons. The van der Waals surface area contributed by atoms with E-state index < -0.39 is 0 Å². The van der Waals surface area contributed by atoms with Crippen molar-refractivity contribution >= 4 is 76.6 Å². The van der Waals surface area contributed by atoms with Gasteiger partial charge in [0, 0.05) is 49.3 Å². The summed E-state index contributed by atoms with van der Waals surface area (Å²) >= 11 is 0. The summed E-state index contributed by atoms with van der Waals surface area (Å²) in [5.41, 5.74) is 15.1. The maximum Gasteiger partial charge on any atom is 0.162 e. The first-order valence-corrected chi connectivity index (χ1v) is 18.7. The van der Waals surface area contributed by atoms with Gasteiger partial charge in [-0.2, -0.15) is 0 Å². The van der Waals surface area contributed by atoms with Crippen LogP contribution in [-0.2, 0) is 0 Å². The molecule has 0 unspecified atom stereocenters. The summed E-state index contributed by atoms with van der Waals surface area (Å²) in [5.74, 6) is 0. The van der Waals surface area contributed by atoms with Crippen LogP contribution < -0.4 is 0 Å². The summed E-state index contributed by atoms with van der Waals surface area (Å²) in [6.07, 6.45) is 0. The number of nitrogens with zero attached hydrogens (tertiary/aromatic N) is 3. The van der Waals surface area contributed by atoms with E-state index in [1.165, 1.54) is 54.7 Å². The molecule has 55 heavy (non-hydrogen) atoms. The van der Waals surface area contributed by atoms with E-state index in [0.717, 1.165) is 55.5 Å². The predicted molar refractivity (Wildman–Crippen MR) is 229 cm³/mol. The van der Waals surface area contributed by atoms with Crippen LogP contribution in [0.25, 0.3) is 110 Å². The first kappa shape index (κ1) is 30.1. The Morgan fingerprint density at radius 3 is 1.71 bits per heavy atom. The number of hydrogen-bond donors (Lipinski definition) is 0. The van der Waals surface area contributed by atoms with Gasteiger partial charge in [-0.1, -0.05) is 115 Å². The van der Waals surface area contributed by atoms with Crippen molar-refractivity contribution in [3.63, 3.8) is 0 Å². The fourth-order valence-electron chi connectivity index (χ4n) is 8.84. The Hall–Kier alpha value is -7.43. The fraction of sp³-hybridized carbons (Fsp3) is 0. The van der Waals surface area contributed by atoms with Gasteiger partial charge in [-0.3, -0.25) is 0 Å². The van der Waals surface area contributed by atoms with Crippen LogP contribution in [0.5, 0.6) is 0 Å². The molecule has 0 radical (unpaired) electrons. The average Bonchev–Trinajstić information content (AvgIpc) is 3.90. The summed E-state index contributed by atoms with van der Waals surface area (Å²) in [7, 11) is 0. The SMILES string of the molecule is c1ccc(-n2c3ccccc3c3cc(-c4ccc5c6ccccc6n(-c6ccc(-c7c8ccccc8nc8c7oc7ccccc78)cc6)c5c4)ccc32)cc1. The lowest BCUT2D eigenvalue weighted by Crippen LogP contribution is -1.94. The minimum absolute atomic E-state index is 0.818. The molecule has 0 fully saturated rings. The van der Waals surface area contributed by atoms with Gasteiger partial charge >= 0.3 is 0 Å². The molecular weight excluding hydrogens is 671 g/mol. The lowest BCUT2D eigenvalue weighted by atomic mass is 9.99.